The molecule has 0 atom stereocenters. The van der Waals surface area contributed by atoms with Crippen LogP contribution in [0.4, 0.5) is 0 Å². The Morgan fingerprint density at radius 2 is 2.15 bits per heavy atom. The first-order chi connectivity index (χ1) is 6.07. The highest BCUT2D eigenvalue weighted by Gasteiger charge is 2.18. The Hall–Kier alpha value is -0.780. The van der Waals surface area contributed by atoms with E-state index in [1.165, 1.54) is 12.1 Å². The van der Waals surface area contributed by atoms with Crippen LogP contribution in [0.15, 0.2) is 23.1 Å². The molecule has 70 valence electrons. The van der Waals surface area contributed by atoms with Gasteiger partial charge in [0.05, 0.1) is 4.90 Å². The minimum absolute atomic E-state index is 0.0124. The lowest BCUT2D eigenvalue weighted by Crippen LogP contribution is -1.90. The number of hydrogen-bond acceptors (Lipinski definition) is 4. The van der Waals surface area contributed by atoms with E-state index in [-0.39, 0.29) is 4.90 Å². The Morgan fingerprint density at radius 1 is 1.38 bits per heavy atom. The van der Waals surface area contributed by atoms with Gasteiger partial charge in [-0.1, -0.05) is 6.07 Å². The predicted molar refractivity (Wildman–Crippen MR) is 44.9 cm³/mol. The summed E-state index contributed by atoms with van der Waals surface area (Å²) in [7, 11) is 1.45. The first-order valence-corrected chi connectivity index (χ1v) is 5.75. The second-order valence-electron chi connectivity index (χ2n) is 2.55. The molecule has 2 rings (SSSR count). The number of rotatable bonds is 1. The van der Waals surface area contributed by atoms with Crippen molar-refractivity contribution in [2.24, 2.45) is 0 Å². The molecule has 0 fully saturated rings. The van der Waals surface area contributed by atoms with Crippen LogP contribution in [0, 0.1) is 0 Å². The summed E-state index contributed by atoms with van der Waals surface area (Å²) in [5.41, 5.74) is 0.809. The van der Waals surface area contributed by atoms with Gasteiger partial charge >= 0.3 is 0 Å². The van der Waals surface area contributed by atoms with Gasteiger partial charge in [-0.15, -0.1) is 0 Å². The van der Waals surface area contributed by atoms with Crippen molar-refractivity contribution in [1.82, 2.24) is 0 Å². The van der Waals surface area contributed by atoms with Crippen molar-refractivity contribution in [3.05, 3.63) is 23.8 Å². The van der Waals surface area contributed by atoms with E-state index in [1.807, 2.05) is 0 Å². The molecule has 0 amide bonds. The third-order valence-electron chi connectivity index (χ3n) is 1.68. The van der Waals surface area contributed by atoms with Crippen LogP contribution >= 0.6 is 10.7 Å². The van der Waals surface area contributed by atoms with Gasteiger partial charge in [-0.25, -0.2) is 8.42 Å². The van der Waals surface area contributed by atoms with Gasteiger partial charge in [-0.05, 0) is 6.07 Å². The lowest BCUT2D eigenvalue weighted by Gasteiger charge is -1.97. The lowest BCUT2D eigenvalue weighted by atomic mass is 10.2. The van der Waals surface area contributed by atoms with Crippen molar-refractivity contribution >= 4 is 19.7 Å². The van der Waals surface area contributed by atoms with Gasteiger partial charge in [0, 0.05) is 22.3 Å². The molecule has 1 aromatic carbocycles. The van der Waals surface area contributed by atoms with Gasteiger partial charge in [0.15, 0.2) is 5.75 Å². The highest BCUT2D eigenvalue weighted by molar-refractivity contribution is 8.13. The fourth-order valence-corrected chi connectivity index (χ4v) is 1.81. The molecule has 1 aromatic rings. The summed E-state index contributed by atoms with van der Waals surface area (Å²) in [4.78, 5) is 9.37. The molecular weight excluding hydrogens is 216 g/mol. The normalized spacial score (nSPS) is 15.2. The lowest BCUT2D eigenvalue weighted by molar-refractivity contribution is -0.194. The monoisotopic (exact) mass is 220 g/mol. The van der Waals surface area contributed by atoms with Gasteiger partial charge in [-0.3, -0.25) is 0 Å². The van der Waals surface area contributed by atoms with Crippen LogP contribution in [0.25, 0.3) is 0 Å². The zero-order chi connectivity index (χ0) is 9.47. The van der Waals surface area contributed by atoms with Crippen LogP contribution in [0.5, 0.6) is 5.75 Å². The molecule has 13 heavy (non-hydrogen) atoms. The quantitative estimate of drug-likeness (QED) is 0.531. The molecule has 6 heteroatoms. The minimum atomic E-state index is -3.69. The van der Waals surface area contributed by atoms with Crippen LogP contribution in [-0.4, -0.2) is 8.42 Å². The van der Waals surface area contributed by atoms with Crippen LogP contribution in [0.3, 0.4) is 0 Å². The standard InChI is InChI=1S/C7H5ClO4S/c8-13(9,10)6-2-1-5-4-11-12-7(5)3-6/h1-3H,4H2. The third-order valence-corrected chi connectivity index (χ3v) is 3.03. The smallest absolute Gasteiger partial charge is 0.261 e. The summed E-state index contributed by atoms with van der Waals surface area (Å²) in [6.45, 7) is 0.331. The second-order valence-corrected chi connectivity index (χ2v) is 5.12. The molecule has 0 bridgehead atoms. The van der Waals surface area contributed by atoms with Crippen molar-refractivity contribution in [1.29, 1.82) is 0 Å². The Balaban J connectivity index is 2.54. The van der Waals surface area contributed by atoms with Crippen LogP contribution in [-0.2, 0) is 20.5 Å². The van der Waals surface area contributed by atoms with E-state index in [1.54, 1.807) is 6.07 Å². The van der Waals surface area contributed by atoms with Crippen molar-refractivity contribution in [3.63, 3.8) is 0 Å². The Morgan fingerprint density at radius 3 is 2.85 bits per heavy atom. The molecule has 0 N–H and O–H groups in total. The van der Waals surface area contributed by atoms with Gasteiger partial charge in [0.2, 0.25) is 0 Å². The van der Waals surface area contributed by atoms with E-state index in [0.29, 0.717) is 12.4 Å². The van der Waals surface area contributed by atoms with Crippen molar-refractivity contribution in [3.8, 4) is 5.75 Å². The average Bonchev–Trinajstić information content (AvgIpc) is 2.47. The molecule has 1 aliphatic heterocycles. The van der Waals surface area contributed by atoms with Crippen LogP contribution < -0.4 is 4.89 Å². The Labute approximate surface area is 79.4 Å². The topological polar surface area (TPSA) is 52.6 Å². The van der Waals surface area contributed by atoms with Gasteiger partial charge in [-0.2, -0.15) is 4.89 Å². The largest absolute Gasteiger partial charge is 0.337 e. The van der Waals surface area contributed by atoms with Crippen molar-refractivity contribution in [2.45, 2.75) is 11.5 Å². The summed E-state index contributed by atoms with van der Waals surface area (Å²) in [6.07, 6.45) is 0. The van der Waals surface area contributed by atoms with Crippen LogP contribution in [0.1, 0.15) is 5.56 Å². The maximum atomic E-state index is 10.9. The van der Waals surface area contributed by atoms with Gasteiger partial charge < -0.3 is 4.89 Å². The summed E-state index contributed by atoms with van der Waals surface area (Å²) in [5.74, 6) is 0.404. The molecule has 0 aliphatic carbocycles. The van der Waals surface area contributed by atoms with Crippen LogP contribution in [0.2, 0.25) is 0 Å². The Bertz CT molecular complexity index is 440. The highest BCUT2D eigenvalue weighted by atomic mass is 35.7. The number of benzene rings is 1. The molecular formula is C7H5ClO4S. The minimum Gasteiger partial charge on any atom is -0.337 e. The first-order valence-electron chi connectivity index (χ1n) is 3.44. The summed E-state index contributed by atoms with van der Waals surface area (Å²) in [5, 5.41) is 0. The first kappa shape index (κ1) is 8.80. The fraction of sp³-hybridized carbons (Fsp3) is 0.143. The fourth-order valence-electron chi connectivity index (χ4n) is 1.04. The maximum absolute atomic E-state index is 10.9. The van der Waals surface area contributed by atoms with E-state index in [4.69, 9.17) is 15.6 Å². The molecule has 1 aliphatic rings. The van der Waals surface area contributed by atoms with Gasteiger partial charge in [0.1, 0.15) is 6.61 Å². The predicted octanol–water partition coefficient (Wildman–Crippen LogP) is 1.44. The van der Waals surface area contributed by atoms with E-state index in [9.17, 15) is 8.42 Å². The number of halogens is 1. The number of fused-ring (bicyclic) bond motifs is 1. The molecule has 0 unspecified atom stereocenters. The summed E-state index contributed by atoms with van der Waals surface area (Å²) >= 11 is 0. The van der Waals surface area contributed by atoms with E-state index >= 15 is 0 Å². The zero-order valence-corrected chi connectivity index (χ0v) is 7.93. The second kappa shape index (κ2) is 2.87. The molecule has 4 nitrogen and oxygen atoms in total. The van der Waals surface area contributed by atoms with E-state index in [0.717, 1.165) is 5.56 Å². The summed E-state index contributed by atoms with van der Waals surface area (Å²) < 4.78 is 21.8. The molecule has 1 heterocycles. The molecule has 0 aromatic heterocycles. The molecule has 0 radical (unpaired) electrons. The Kier molecular flexibility index (Phi) is 1.94. The zero-order valence-electron chi connectivity index (χ0n) is 6.36. The van der Waals surface area contributed by atoms with Crippen molar-refractivity contribution in [2.75, 3.05) is 0 Å². The third kappa shape index (κ3) is 1.63. The average molecular weight is 221 g/mol. The highest BCUT2D eigenvalue weighted by Crippen LogP contribution is 2.29. The molecule has 0 saturated carbocycles. The van der Waals surface area contributed by atoms with Crippen molar-refractivity contribution < 1.29 is 18.2 Å². The molecule has 0 saturated heterocycles. The van der Waals surface area contributed by atoms with E-state index in [2.05, 4.69) is 4.89 Å². The SMILES string of the molecule is O=S(=O)(Cl)c1ccc2c(c1)OOC2. The maximum Gasteiger partial charge on any atom is 0.261 e. The summed E-state index contributed by atoms with van der Waals surface area (Å²) in [6, 6.07) is 4.36. The van der Waals surface area contributed by atoms with E-state index < -0.39 is 9.05 Å². The van der Waals surface area contributed by atoms with Gasteiger partial charge in [0.25, 0.3) is 9.05 Å². The molecule has 0 spiro atoms. The number of hydrogen-bond donors (Lipinski definition) is 0.